The quantitative estimate of drug-likeness (QED) is 0.682. The zero-order valence-corrected chi connectivity index (χ0v) is 17.8. The van der Waals surface area contributed by atoms with Gasteiger partial charge in [0.2, 0.25) is 0 Å². The van der Waals surface area contributed by atoms with Gasteiger partial charge in [-0.05, 0) is 43.5 Å². The first-order valence-electron chi connectivity index (χ1n) is 10.7. The van der Waals surface area contributed by atoms with Crippen LogP contribution in [0.1, 0.15) is 49.8 Å². The van der Waals surface area contributed by atoms with Crippen molar-refractivity contribution in [1.82, 2.24) is 5.32 Å². The second kappa shape index (κ2) is 9.14. The van der Waals surface area contributed by atoms with Gasteiger partial charge in [0.05, 0.1) is 11.5 Å². The van der Waals surface area contributed by atoms with E-state index in [1.807, 2.05) is 12.1 Å². The van der Waals surface area contributed by atoms with Crippen molar-refractivity contribution in [1.29, 1.82) is 0 Å². The van der Waals surface area contributed by atoms with Gasteiger partial charge in [0.15, 0.2) is 18.1 Å². The lowest BCUT2D eigenvalue weighted by atomic mass is 9.78. The van der Waals surface area contributed by atoms with Crippen molar-refractivity contribution in [3.63, 3.8) is 0 Å². The molecular weight excluding hydrogens is 420 g/mol. The summed E-state index contributed by atoms with van der Waals surface area (Å²) in [6.45, 7) is 2.01. The molecule has 2 aromatic carbocycles. The van der Waals surface area contributed by atoms with E-state index in [1.54, 1.807) is 13.0 Å². The maximum Gasteiger partial charge on any atom is 0.317 e. The third kappa shape index (κ3) is 4.40. The topological polar surface area (TPSA) is 73.9 Å². The predicted octanol–water partition coefficient (Wildman–Crippen LogP) is 3.97. The number of halogens is 2. The van der Waals surface area contributed by atoms with Crippen molar-refractivity contribution < 1.29 is 32.6 Å². The van der Waals surface area contributed by atoms with Crippen molar-refractivity contribution >= 4 is 11.9 Å². The molecule has 0 spiro atoms. The summed E-state index contributed by atoms with van der Waals surface area (Å²) in [5.41, 5.74) is 0.0890. The van der Waals surface area contributed by atoms with Crippen LogP contribution in [-0.4, -0.2) is 31.7 Å². The first-order valence-corrected chi connectivity index (χ1v) is 10.7. The molecule has 8 heteroatoms. The standard InChI is InChI=1S/C24H25F2NO5/c1-15(18-6-5-17(25)13-19(18)26)27-22(28)14-32-23(29)24(8-2-3-9-24)16-4-7-20-21(12-16)31-11-10-30-20/h4-7,12-13,15H,2-3,8-11,14H2,1H3,(H,27,28). The van der Waals surface area contributed by atoms with Crippen molar-refractivity contribution in [3.05, 3.63) is 59.2 Å². The molecule has 2 aliphatic rings. The smallest absolute Gasteiger partial charge is 0.317 e. The van der Waals surface area contributed by atoms with E-state index >= 15 is 0 Å². The number of esters is 1. The molecule has 1 aliphatic heterocycles. The number of rotatable bonds is 6. The van der Waals surface area contributed by atoms with E-state index in [0.29, 0.717) is 37.6 Å². The molecule has 4 rings (SSSR count). The Balaban J connectivity index is 1.42. The molecule has 1 fully saturated rings. The van der Waals surface area contributed by atoms with Gasteiger partial charge in [-0.3, -0.25) is 9.59 Å². The lowest BCUT2D eigenvalue weighted by Gasteiger charge is -2.29. The highest BCUT2D eigenvalue weighted by Crippen LogP contribution is 2.45. The monoisotopic (exact) mass is 445 g/mol. The fourth-order valence-electron chi connectivity index (χ4n) is 4.41. The summed E-state index contributed by atoms with van der Waals surface area (Å²) in [5, 5.41) is 2.58. The van der Waals surface area contributed by atoms with Gasteiger partial charge in [-0.1, -0.05) is 25.0 Å². The molecule has 1 N–H and O–H groups in total. The van der Waals surface area contributed by atoms with Crippen LogP contribution in [0.15, 0.2) is 36.4 Å². The summed E-state index contributed by atoms with van der Waals surface area (Å²) in [6.07, 6.45) is 2.97. The Morgan fingerprint density at radius 1 is 1.06 bits per heavy atom. The van der Waals surface area contributed by atoms with Gasteiger partial charge in [0.25, 0.3) is 5.91 Å². The van der Waals surface area contributed by atoms with Crippen LogP contribution in [0.4, 0.5) is 8.78 Å². The van der Waals surface area contributed by atoms with E-state index < -0.39 is 41.6 Å². The third-order valence-electron chi connectivity index (χ3n) is 6.08. The molecule has 1 aliphatic carbocycles. The van der Waals surface area contributed by atoms with Crippen LogP contribution in [0.3, 0.4) is 0 Å². The SMILES string of the molecule is CC(NC(=O)COC(=O)C1(c2ccc3c(c2)OCCO3)CCCC1)c1ccc(F)cc1F. The number of benzene rings is 2. The maximum absolute atomic E-state index is 13.9. The minimum Gasteiger partial charge on any atom is -0.486 e. The number of carbonyl (C=O) groups is 2. The van der Waals surface area contributed by atoms with Crippen molar-refractivity contribution in [2.24, 2.45) is 0 Å². The molecule has 1 atom stereocenters. The maximum atomic E-state index is 13.9. The molecule has 2 aromatic rings. The number of fused-ring (bicyclic) bond motifs is 1. The van der Waals surface area contributed by atoms with Gasteiger partial charge in [-0.25, -0.2) is 8.78 Å². The number of ether oxygens (including phenoxy) is 3. The Hall–Kier alpha value is -3.16. The van der Waals surface area contributed by atoms with Gasteiger partial charge in [-0.2, -0.15) is 0 Å². The zero-order valence-electron chi connectivity index (χ0n) is 17.8. The van der Waals surface area contributed by atoms with E-state index in [-0.39, 0.29) is 5.56 Å². The number of amides is 1. The average molecular weight is 445 g/mol. The first kappa shape index (κ1) is 22.0. The normalized spacial score (nSPS) is 17.5. The van der Waals surface area contributed by atoms with Gasteiger partial charge in [0, 0.05) is 11.6 Å². The van der Waals surface area contributed by atoms with Crippen LogP contribution in [0.2, 0.25) is 0 Å². The zero-order chi connectivity index (χ0) is 22.7. The Kier molecular flexibility index (Phi) is 6.30. The number of hydrogen-bond acceptors (Lipinski definition) is 5. The lowest BCUT2D eigenvalue weighted by molar-refractivity contribution is -0.154. The van der Waals surface area contributed by atoms with Crippen LogP contribution in [0, 0.1) is 11.6 Å². The molecule has 6 nitrogen and oxygen atoms in total. The summed E-state index contributed by atoms with van der Waals surface area (Å²) < 4.78 is 43.6. The summed E-state index contributed by atoms with van der Waals surface area (Å²) in [4.78, 5) is 25.4. The predicted molar refractivity (Wildman–Crippen MR) is 111 cm³/mol. The Morgan fingerprint density at radius 3 is 2.50 bits per heavy atom. The third-order valence-corrected chi connectivity index (χ3v) is 6.08. The van der Waals surface area contributed by atoms with E-state index in [1.165, 1.54) is 6.07 Å². The highest BCUT2D eigenvalue weighted by atomic mass is 19.1. The molecule has 0 aromatic heterocycles. The second-order valence-corrected chi connectivity index (χ2v) is 8.18. The molecule has 170 valence electrons. The Morgan fingerprint density at radius 2 is 1.78 bits per heavy atom. The largest absolute Gasteiger partial charge is 0.486 e. The van der Waals surface area contributed by atoms with Crippen LogP contribution >= 0.6 is 0 Å². The fourth-order valence-corrected chi connectivity index (χ4v) is 4.41. The molecule has 32 heavy (non-hydrogen) atoms. The van der Waals surface area contributed by atoms with Gasteiger partial charge >= 0.3 is 5.97 Å². The molecule has 1 heterocycles. The highest BCUT2D eigenvalue weighted by molar-refractivity contribution is 5.87. The van der Waals surface area contributed by atoms with Crippen LogP contribution in [0.5, 0.6) is 11.5 Å². The molecule has 0 radical (unpaired) electrons. The van der Waals surface area contributed by atoms with Crippen LogP contribution in [0.25, 0.3) is 0 Å². The number of carbonyl (C=O) groups excluding carboxylic acids is 2. The van der Waals surface area contributed by atoms with Gasteiger partial charge < -0.3 is 19.5 Å². The fraction of sp³-hybridized carbons (Fsp3) is 0.417. The minimum atomic E-state index is -0.842. The number of nitrogens with one attached hydrogen (secondary N) is 1. The number of hydrogen-bond donors (Lipinski definition) is 1. The molecular formula is C24H25F2NO5. The molecule has 1 saturated carbocycles. The summed E-state index contributed by atoms with van der Waals surface area (Å²) >= 11 is 0. The van der Waals surface area contributed by atoms with Gasteiger partial charge in [0.1, 0.15) is 24.8 Å². The molecule has 0 saturated heterocycles. The van der Waals surface area contributed by atoms with Crippen LogP contribution in [-0.2, 0) is 19.7 Å². The van der Waals surface area contributed by atoms with Crippen molar-refractivity contribution in [2.75, 3.05) is 19.8 Å². The Bertz CT molecular complexity index is 1020. The van der Waals surface area contributed by atoms with E-state index in [9.17, 15) is 18.4 Å². The molecule has 1 unspecified atom stereocenters. The second-order valence-electron chi connectivity index (χ2n) is 8.18. The van der Waals surface area contributed by atoms with E-state index in [0.717, 1.165) is 30.5 Å². The van der Waals surface area contributed by atoms with E-state index in [2.05, 4.69) is 5.32 Å². The Labute approximate surface area is 184 Å². The molecule has 1 amide bonds. The molecule has 0 bridgehead atoms. The average Bonchev–Trinajstić information content (AvgIpc) is 3.28. The first-order chi connectivity index (χ1) is 15.4. The van der Waals surface area contributed by atoms with Crippen molar-refractivity contribution in [2.45, 2.75) is 44.1 Å². The highest BCUT2D eigenvalue weighted by Gasteiger charge is 2.45. The van der Waals surface area contributed by atoms with Crippen LogP contribution < -0.4 is 14.8 Å². The van der Waals surface area contributed by atoms with Gasteiger partial charge in [-0.15, -0.1) is 0 Å². The summed E-state index contributed by atoms with van der Waals surface area (Å²) in [5.74, 6) is -1.24. The van der Waals surface area contributed by atoms with E-state index in [4.69, 9.17) is 14.2 Å². The summed E-state index contributed by atoms with van der Waals surface area (Å²) in [6, 6.07) is 7.91. The van der Waals surface area contributed by atoms with Crippen molar-refractivity contribution in [3.8, 4) is 11.5 Å². The lowest BCUT2D eigenvalue weighted by Crippen LogP contribution is -2.38. The minimum absolute atomic E-state index is 0.148. The summed E-state index contributed by atoms with van der Waals surface area (Å²) in [7, 11) is 0.